The Labute approximate surface area is 115 Å². The predicted octanol–water partition coefficient (Wildman–Crippen LogP) is 1.92. The van der Waals surface area contributed by atoms with Crippen LogP contribution in [0.5, 0.6) is 0 Å². The molecule has 1 aliphatic rings. The minimum absolute atomic E-state index is 0.172. The zero-order valence-corrected chi connectivity index (χ0v) is 11.6. The topological polar surface area (TPSA) is 75.4 Å². The zero-order chi connectivity index (χ0) is 13.1. The maximum absolute atomic E-state index is 12.0. The number of hydrogen-bond donors (Lipinski definition) is 3. The molecular weight excluding hydrogens is 296 g/mol. The molecular formula is C13H17BrN2O2. The molecule has 4 nitrogen and oxygen atoms in total. The average molecular weight is 313 g/mol. The van der Waals surface area contributed by atoms with E-state index in [1.807, 2.05) is 0 Å². The van der Waals surface area contributed by atoms with Crippen molar-refractivity contribution in [2.45, 2.75) is 25.4 Å². The summed E-state index contributed by atoms with van der Waals surface area (Å²) in [6.07, 6.45) is 2.55. The summed E-state index contributed by atoms with van der Waals surface area (Å²) in [7, 11) is 0. The van der Waals surface area contributed by atoms with Crippen LogP contribution in [0.4, 0.5) is 5.69 Å². The predicted molar refractivity (Wildman–Crippen MR) is 74.2 cm³/mol. The van der Waals surface area contributed by atoms with Crippen LogP contribution in [0.2, 0.25) is 0 Å². The highest BCUT2D eigenvalue weighted by molar-refractivity contribution is 9.10. The van der Waals surface area contributed by atoms with E-state index in [0.717, 1.165) is 23.7 Å². The van der Waals surface area contributed by atoms with Crippen LogP contribution in [0.15, 0.2) is 22.7 Å². The number of benzene rings is 1. The van der Waals surface area contributed by atoms with Crippen molar-refractivity contribution in [2.75, 3.05) is 12.3 Å². The van der Waals surface area contributed by atoms with Crippen LogP contribution in [-0.2, 0) is 0 Å². The molecule has 1 amide bonds. The molecule has 4 N–H and O–H groups in total. The fourth-order valence-corrected chi connectivity index (χ4v) is 2.69. The van der Waals surface area contributed by atoms with Gasteiger partial charge in [0.05, 0.1) is 11.7 Å². The number of nitrogens with two attached hydrogens (primary N) is 1. The van der Waals surface area contributed by atoms with Gasteiger partial charge in [-0.3, -0.25) is 4.79 Å². The SMILES string of the molecule is Nc1cc(Br)ccc1C(=O)NCC1CCCC1O. The van der Waals surface area contributed by atoms with Crippen molar-refractivity contribution in [3.05, 3.63) is 28.2 Å². The first kappa shape index (κ1) is 13.4. The van der Waals surface area contributed by atoms with E-state index in [4.69, 9.17) is 5.73 Å². The minimum atomic E-state index is -0.285. The number of nitrogen functional groups attached to an aromatic ring is 1. The number of amides is 1. The van der Waals surface area contributed by atoms with Gasteiger partial charge in [0.1, 0.15) is 0 Å². The summed E-state index contributed by atoms with van der Waals surface area (Å²) in [6, 6.07) is 5.19. The lowest BCUT2D eigenvalue weighted by Crippen LogP contribution is -2.32. The van der Waals surface area contributed by atoms with Crippen molar-refractivity contribution in [1.29, 1.82) is 0 Å². The van der Waals surface area contributed by atoms with Gasteiger partial charge in [0.2, 0.25) is 0 Å². The maximum atomic E-state index is 12.0. The number of anilines is 1. The van der Waals surface area contributed by atoms with E-state index in [1.165, 1.54) is 0 Å². The van der Waals surface area contributed by atoms with Gasteiger partial charge >= 0.3 is 0 Å². The quantitative estimate of drug-likeness (QED) is 0.746. The number of hydrogen-bond acceptors (Lipinski definition) is 3. The van der Waals surface area contributed by atoms with Crippen LogP contribution >= 0.6 is 15.9 Å². The molecule has 1 saturated carbocycles. The number of carbonyl (C=O) groups excluding carboxylic acids is 1. The molecule has 98 valence electrons. The van der Waals surface area contributed by atoms with E-state index < -0.39 is 0 Å². The van der Waals surface area contributed by atoms with Crippen molar-refractivity contribution in [3.63, 3.8) is 0 Å². The van der Waals surface area contributed by atoms with Gasteiger partial charge in [-0.25, -0.2) is 0 Å². The lowest BCUT2D eigenvalue weighted by atomic mass is 10.1. The molecule has 0 heterocycles. The van der Waals surface area contributed by atoms with E-state index in [-0.39, 0.29) is 17.9 Å². The number of carbonyl (C=O) groups is 1. The van der Waals surface area contributed by atoms with Crippen molar-refractivity contribution in [2.24, 2.45) is 5.92 Å². The lowest BCUT2D eigenvalue weighted by Gasteiger charge is -2.15. The molecule has 0 radical (unpaired) electrons. The highest BCUT2D eigenvalue weighted by Gasteiger charge is 2.25. The lowest BCUT2D eigenvalue weighted by molar-refractivity contribution is 0.0917. The number of rotatable bonds is 3. The van der Waals surface area contributed by atoms with Crippen LogP contribution in [0.25, 0.3) is 0 Å². The number of aliphatic hydroxyl groups excluding tert-OH is 1. The molecule has 0 aromatic heterocycles. The summed E-state index contributed by atoms with van der Waals surface area (Å²) in [5, 5.41) is 12.5. The fraction of sp³-hybridized carbons (Fsp3) is 0.462. The van der Waals surface area contributed by atoms with Crippen LogP contribution in [0.1, 0.15) is 29.6 Å². The van der Waals surface area contributed by atoms with Crippen molar-refractivity contribution < 1.29 is 9.90 Å². The monoisotopic (exact) mass is 312 g/mol. The summed E-state index contributed by atoms with van der Waals surface area (Å²) in [5.74, 6) is -0.00952. The molecule has 0 spiro atoms. The standard InChI is InChI=1S/C13H17BrN2O2/c14-9-4-5-10(11(15)6-9)13(18)16-7-8-2-1-3-12(8)17/h4-6,8,12,17H,1-3,7,15H2,(H,16,18). The maximum Gasteiger partial charge on any atom is 0.253 e. The van der Waals surface area contributed by atoms with Gasteiger partial charge in [-0.1, -0.05) is 22.4 Å². The van der Waals surface area contributed by atoms with E-state index in [2.05, 4.69) is 21.2 Å². The third kappa shape index (κ3) is 3.03. The molecule has 1 aliphatic carbocycles. The second-order valence-electron chi connectivity index (χ2n) is 4.70. The van der Waals surface area contributed by atoms with Crippen molar-refractivity contribution in [3.8, 4) is 0 Å². The molecule has 2 atom stereocenters. The van der Waals surface area contributed by atoms with Gasteiger partial charge in [0, 0.05) is 22.6 Å². The van der Waals surface area contributed by atoms with E-state index in [0.29, 0.717) is 17.8 Å². The molecule has 18 heavy (non-hydrogen) atoms. The first-order valence-electron chi connectivity index (χ1n) is 6.09. The Morgan fingerprint density at radius 3 is 2.89 bits per heavy atom. The Hall–Kier alpha value is -1.07. The van der Waals surface area contributed by atoms with Gasteiger partial charge in [-0.05, 0) is 31.0 Å². The molecule has 1 aromatic rings. The number of aliphatic hydroxyl groups is 1. The highest BCUT2D eigenvalue weighted by atomic mass is 79.9. The van der Waals surface area contributed by atoms with E-state index in [9.17, 15) is 9.90 Å². The fourth-order valence-electron chi connectivity index (χ4n) is 2.31. The molecule has 2 rings (SSSR count). The van der Waals surface area contributed by atoms with Gasteiger partial charge < -0.3 is 16.2 Å². The molecule has 1 fully saturated rings. The van der Waals surface area contributed by atoms with Gasteiger partial charge in [0.15, 0.2) is 0 Å². The summed E-state index contributed by atoms with van der Waals surface area (Å²) < 4.78 is 0.850. The Bertz CT molecular complexity index is 451. The van der Waals surface area contributed by atoms with Crippen LogP contribution in [0, 0.1) is 5.92 Å². The Kier molecular flexibility index (Phi) is 4.24. The largest absolute Gasteiger partial charge is 0.398 e. The number of nitrogens with one attached hydrogen (secondary N) is 1. The minimum Gasteiger partial charge on any atom is -0.398 e. The van der Waals surface area contributed by atoms with Gasteiger partial charge in [-0.2, -0.15) is 0 Å². The molecule has 1 aromatic carbocycles. The molecule has 0 saturated heterocycles. The van der Waals surface area contributed by atoms with Gasteiger partial charge in [0.25, 0.3) is 5.91 Å². The normalized spacial score (nSPS) is 23.0. The third-order valence-corrected chi connectivity index (χ3v) is 3.90. The smallest absolute Gasteiger partial charge is 0.253 e. The summed E-state index contributed by atoms with van der Waals surface area (Å²) in [6.45, 7) is 0.509. The summed E-state index contributed by atoms with van der Waals surface area (Å²) in [4.78, 5) is 12.0. The van der Waals surface area contributed by atoms with Crippen LogP contribution in [-0.4, -0.2) is 23.7 Å². The first-order valence-corrected chi connectivity index (χ1v) is 6.88. The van der Waals surface area contributed by atoms with Crippen LogP contribution in [0.3, 0.4) is 0 Å². The molecule has 2 unspecified atom stereocenters. The Balaban J connectivity index is 1.95. The van der Waals surface area contributed by atoms with Crippen molar-refractivity contribution >= 4 is 27.5 Å². The average Bonchev–Trinajstić information content (AvgIpc) is 2.72. The van der Waals surface area contributed by atoms with Crippen molar-refractivity contribution in [1.82, 2.24) is 5.32 Å². The Morgan fingerprint density at radius 2 is 2.28 bits per heavy atom. The molecule has 0 aliphatic heterocycles. The zero-order valence-electron chi connectivity index (χ0n) is 10.0. The molecule has 0 bridgehead atoms. The van der Waals surface area contributed by atoms with E-state index in [1.54, 1.807) is 18.2 Å². The second-order valence-corrected chi connectivity index (χ2v) is 5.62. The van der Waals surface area contributed by atoms with E-state index >= 15 is 0 Å². The summed E-state index contributed by atoms with van der Waals surface area (Å²) >= 11 is 3.30. The molecule has 5 heteroatoms. The summed E-state index contributed by atoms with van der Waals surface area (Å²) in [5.41, 5.74) is 6.72. The Morgan fingerprint density at radius 1 is 1.50 bits per heavy atom. The first-order chi connectivity index (χ1) is 8.58. The van der Waals surface area contributed by atoms with Gasteiger partial charge in [-0.15, -0.1) is 0 Å². The third-order valence-electron chi connectivity index (χ3n) is 3.40. The number of halogens is 1. The second kappa shape index (κ2) is 5.71. The highest BCUT2D eigenvalue weighted by Crippen LogP contribution is 2.25. The van der Waals surface area contributed by atoms with Crippen LogP contribution < -0.4 is 11.1 Å².